The van der Waals surface area contributed by atoms with Crippen molar-refractivity contribution >= 4 is 23.5 Å². The van der Waals surface area contributed by atoms with Crippen LogP contribution >= 0.6 is 11.6 Å². The fourth-order valence-electron chi connectivity index (χ4n) is 2.37. The molecule has 0 spiro atoms. The molecule has 1 amide bonds. The van der Waals surface area contributed by atoms with Gasteiger partial charge in [0.25, 0.3) is 0 Å². The maximum atomic E-state index is 14.1. The van der Waals surface area contributed by atoms with Crippen LogP contribution in [0.2, 0.25) is 5.02 Å². The molecule has 0 atom stereocenters. The lowest BCUT2D eigenvalue weighted by Gasteiger charge is -2.14. The molecule has 2 aromatic carbocycles. The van der Waals surface area contributed by atoms with E-state index in [4.69, 9.17) is 25.8 Å². The number of pyridine rings is 1. The largest absolute Gasteiger partial charge is 0.485 e. The number of carbonyl (C=O) groups is 1. The fraction of sp³-hybridized carbons (Fsp3) is 0.143. The first-order valence-corrected chi connectivity index (χ1v) is 9.18. The minimum absolute atomic E-state index is 0.0604. The van der Waals surface area contributed by atoms with Crippen LogP contribution in [-0.4, -0.2) is 17.7 Å². The van der Waals surface area contributed by atoms with E-state index < -0.39 is 11.9 Å². The SMILES string of the molecule is CCOC(=O)Nc1nc(Oc2ccccc2OCc2ccccc2)c(Cl)cc1F. The van der Waals surface area contributed by atoms with Gasteiger partial charge in [0.15, 0.2) is 23.1 Å². The Balaban J connectivity index is 1.80. The molecule has 29 heavy (non-hydrogen) atoms. The van der Waals surface area contributed by atoms with E-state index in [1.165, 1.54) is 0 Å². The summed E-state index contributed by atoms with van der Waals surface area (Å²) >= 11 is 6.06. The third kappa shape index (κ3) is 5.58. The smallest absolute Gasteiger partial charge is 0.412 e. The van der Waals surface area contributed by atoms with Crippen LogP contribution in [-0.2, 0) is 11.3 Å². The molecule has 0 aliphatic carbocycles. The van der Waals surface area contributed by atoms with E-state index in [0.717, 1.165) is 11.6 Å². The number of para-hydroxylation sites is 2. The summed E-state index contributed by atoms with van der Waals surface area (Å²) in [4.78, 5) is 15.5. The molecule has 1 N–H and O–H groups in total. The molecule has 0 unspecified atom stereocenters. The van der Waals surface area contributed by atoms with Gasteiger partial charge < -0.3 is 14.2 Å². The summed E-state index contributed by atoms with van der Waals surface area (Å²) in [5.74, 6) is -0.463. The molecule has 0 aliphatic heterocycles. The molecule has 3 rings (SSSR count). The van der Waals surface area contributed by atoms with Crippen LogP contribution in [0.4, 0.5) is 15.0 Å². The van der Waals surface area contributed by atoms with E-state index in [9.17, 15) is 9.18 Å². The van der Waals surface area contributed by atoms with E-state index in [0.29, 0.717) is 18.1 Å². The molecular weight excluding hydrogens is 399 g/mol. The maximum absolute atomic E-state index is 14.1. The number of aromatic nitrogens is 1. The predicted octanol–water partition coefficient (Wildman–Crippen LogP) is 5.81. The molecule has 0 aliphatic rings. The highest BCUT2D eigenvalue weighted by Gasteiger charge is 2.16. The molecule has 0 radical (unpaired) electrons. The zero-order valence-corrected chi connectivity index (χ0v) is 16.3. The van der Waals surface area contributed by atoms with Gasteiger partial charge >= 0.3 is 6.09 Å². The van der Waals surface area contributed by atoms with Crippen LogP contribution in [0.15, 0.2) is 60.7 Å². The van der Waals surface area contributed by atoms with Gasteiger partial charge in [0, 0.05) is 6.07 Å². The van der Waals surface area contributed by atoms with Gasteiger partial charge in [-0.25, -0.2) is 9.18 Å². The number of benzene rings is 2. The quantitative estimate of drug-likeness (QED) is 0.526. The summed E-state index contributed by atoms with van der Waals surface area (Å²) < 4.78 is 30.4. The topological polar surface area (TPSA) is 69.7 Å². The van der Waals surface area contributed by atoms with Gasteiger partial charge in [-0.1, -0.05) is 54.1 Å². The highest BCUT2D eigenvalue weighted by atomic mass is 35.5. The lowest BCUT2D eigenvalue weighted by atomic mass is 10.2. The monoisotopic (exact) mass is 416 g/mol. The number of ether oxygens (including phenoxy) is 3. The van der Waals surface area contributed by atoms with Crippen molar-refractivity contribution in [2.45, 2.75) is 13.5 Å². The molecular formula is C21H18ClFN2O4. The third-order valence-electron chi connectivity index (χ3n) is 3.69. The Kier molecular flexibility index (Phi) is 6.86. The Morgan fingerprint density at radius 2 is 1.79 bits per heavy atom. The van der Waals surface area contributed by atoms with E-state index in [2.05, 4.69) is 10.3 Å². The van der Waals surface area contributed by atoms with E-state index in [1.54, 1.807) is 31.2 Å². The fourth-order valence-corrected chi connectivity index (χ4v) is 2.54. The van der Waals surface area contributed by atoms with E-state index in [-0.39, 0.29) is 23.3 Å². The highest BCUT2D eigenvalue weighted by molar-refractivity contribution is 6.31. The molecule has 8 heteroatoms. The van der Waals surface area contributed by atoms with Crippen molar-refractivity contribution in [1.82, 2.24) is 4.98 Å². The Bertz CT molecular complexity index is 986. The zero-order valence-electron chi connectivity index (χ0n) is 15.5. The third-order valence-corrected chi connectivity index (χ3v) is 3.96. The molecule has 0 bridgehead atoms. The van der Waals surface area contributed by atoms with Crippen LogP contribution in [0.3, 0.4) is 0 Å². The number of rotatable bonds is 7. The second-order valence-corrected chi connectivity index (χ2v) is 6.18. The first-order valence-electron chi connectivity index (χ1n) is 8.80. The van der Waals surface area contributed by atoms with Crippen molar-refractivity contribution < 1.29 is 23.4 Å². The lowest BCUT2D eigenvalue weighted by Crippen LogP contribution is -2.15. The van der Waals surface area contributed by atoms with Gasteiger partial charge in [-0.15, -0.1) is 0 Å². The number of halogens is 2. The summed E-state index contributed by atoms with van der Waals surface area (Å²) in [6.45, 7) is 2.10. The number of amides is 1. The number of nitrogens with one attached hydrogen (secondary N) is 1. The average molecular weight is 417 g/mol. The summed E-state index contributed by atoms with van der Waals surface area (Å²) in [7, 11) is 0. The highest BCUT2D eigenvalue weighted by Crippen LogP contribution is 2.35. The number of carbonyl (C=O) groups excluding carboxylic acids is 1. The van der Waals surface area contributed by atoms with Gasteiger partial charge in [-0.05, 0) is 24.6 Å². The van der Waals surface area contributed by atoms with Crippen LogP contribution in [0.25, 0.3) is 0 Å². The first kappa shape index (κ1) is 20.4. The van der Waals surface area contributed by atoms with Gasteiger partial charge in [0.1, 0.15) is 11.6 Å². The molecule has 0 saturated carbocycles. The summed E-state index contributed by atoms with van der Waals surface area (Å²) in [5, 5.41) is 2.15. The average Bonchev–Trinajstić information content (AvgIpc) is 2.72. The Morgan fingerprint density at radius 3 is 2.52 bits per heavy atom. The van der Waals surface area contributed by atoms with Crippen molar-refractivity contribution in [3.05, 3.63) is 77.1 Å². The lowest BCUT2D eigenvalue weighted by molar-refractivity contribution is 0.167. The van der Waals surface area contributed by atoms with Crippen molar-refractivity contribution in [2.75, 3.05) is 11.9 Å². The van der Waals surface area contributed by atoms with E-state index >= 15 is 0 Å². The number of anilines is 1. The Morgan fingerprint density at radius 1 is 1.10 bits per heavy atom. The normalized spacial score (nSPS) is 10.3. The van der Waals surface area contributed by atoms with Crippen LogP contribution in [0.1, 0.15) is 12.5 Å². The van der Waals surface area contributed by atoms with Crippen molar-refractivity contribution in [1.29, 1.82) is 0 Å². The molecule has 3 aromatic rings. The van der Waals surface area contributed by atoms with Gasteiger partial charge in [0.05, 0.1) is 6.61 Å². The number of hydrogen-bond donors (Lipinski definition) is 1. The molecule has 1 heterocycles. The van der Waals surface area contributed by atoms with E-state index in [1.807, 2.05) is 30.3 Å². The number of nitrogens with zero attached hydrogens (tertiary/aromatic N) is 1. The molecule has 6 nitrogen and oxygen atoms in total. The Hall–Kier alpha value is -3.32. The molecule has 150 valence electrons. The summed E-state index contributed by atoms with van der Waals surface area (Å²) in [5.41, 5.74) is 0.987. The van der Waals surface area contributed by atoms with Crippen LogP contribution < -0.4 is 14.8 Å². The Labute approximate surface area is 172 Å². The van der Waals surface area contributed by atoms with Gasteiger partial charge in [0.2, 0.25) is 5.88 Å². The number of hydrogen-bond acceptors (Lipinski definition) is 5. The van der Waals surface area contributed by atoms with Gasteiger partial charge in [-0.3, -0.25) is 5.32 Å². The van der Waals surface area contributed by atoms with Crippen LogP contribution in [0.5, 0.6) is 17.4 Å². The van der Waals surface area contributed by atoms with Gasteiger partial charge in [-0.2, -0.15) is 4.98 Å². The van der Waals surface area contributed by atoms with Crippen LogP contribution in [0, 0.1) is 5.82 Å². The van der Waals surface area contributed by atoms with Crippen molar-refractivity contribution in [2.24, 2.45) is 0 Å². The molecule has 0 saturated heterocycles. The second-order valence-electron chi connectivity index (χ2n) is 5.77. The molecule has 0 fully saturated rings. The van der Waals surface area contributed by atoms with Crippen molar-refractivity contribution in [3.63, 3.8) is 0 Å². The maximum Gasteiger partial charge on any atom is 0.412 e. The minimum atomic E-state index is -0.834. The van der Waals surface area contributed by atoms with Crippen molar-refractivity contribution in [3.8, 4) is 17.4 Å². The first-order chi connectivity index (χ1) is 14.1. The summed E-state index contributed by atoms with van der Waals surface area (Å²) in [6, 6.07) is 17.6. The zero-order chi connectivity index (χ0) is 20.6. The summed E-state index contributed by atoms with van der Waals surface area (Å²) in [6.07, 6.45) is -0.834. The standard InChI is InChI=1S/C21H18ClFN2O4/c1-2-27-21(26)25-19-16(23)12-15(22)20(24-19)29-18-11-7-6-10-17(18)28-13-14-8-4-3-5-9-14/h3-12H,2,13H2,1H3,(H,24,25,26). The molecule has 1 aromatic heterocycles. The minimum Gasteiger partial charge on any atom is -0.485 e. The predicted molar refractivity (Wildman–Crippen MR) is 107 cm³/mol. The second kappa shape index (κ2) is 9.75.